The second kappa shape index (κ2) is 7.09. The Hall–Kier alpha value is -2.99. The summed E-state index contributed by atoms with van der Waals surface area (Å²) in [4.78, 5) is 15.2. The fourth-order valence-electron chi connectivity index (χ4n) is 3.66. The number of likely N-dealkylation sites (tertiary alicyclic amines) is 1. The molecule has 1 fully saturated rings. The molecule has 1 amide bonds. The number of carbonyl (C=O) groups is 1. The summed E-state index contributed by atoms with van der Waals surface area (Å²) in [6.07, 6.45) is 0.903. The fourth-order valence-corrected chi connectivity index (χ4v) is 3.66. The molecule has 1 aromatic heterocycles. The van der Waals surface area contributed by atoms with Crippen molar-refractivity contribution in [1.82, 2.24) is 25.6 Å². The van der Waals surface area contributed by atoms with Gasteiger partial charge in [0, 0.05) is 12.1 Å². The molecule has 2 N–H and O–H groups in total. The zero-order valence-corrected chi connectivity index (χ0v) is 14.6. The van der Waals surface area contributed by atoms with Gasteiger partial charge in [-0.1, -0.05) is 60.7 Å². The lowest BCUT2D eigenvalue weighted by Crippen LogP contribution is -2.39. The van der Waals surface area contributed by atoms with Crippen molar-refractivity contribution in [2.75, 3.05) is 13.6 Å². The largest absolute Gasteiger partial charge is 0.346 e. The maximum absolute atomic E-state index is 12.9. The van der Waals surface area contributed by atoms with Crippen LogP contribution in [0.3, 0.4) is 0 Å². The smallest absolute Gasteiger partial charge is 0.274 e. The Morgan fingerprint density at radius 1 is 1.08 bits per heavy atom. The maximum atomic E-state index is 12.9. The molecule has 1 aliphatic heterocycles. The SMILES string of the molecule is CN1CC[C@@H](NC(=O)c2n[nH]nc2-c2ccccc2)[C@H]1c1ccccc1. The van der Waals surface area contributed by atoms with E-state index in [0.29, 0.717) is 11.4 Å². The maximum Gasteiger partial charge on any atom is 0.274 e. The number of H-pyrrole nitrogens is 1. The average molecular weight is 347 g/mol. The highest BCUT2D eigenvalue weighted by Gasteiger charge is 2.34. The molecule has 3 aromatic rings. The molecular weight excluding hydrogens is 326 g/mol. The number of rotatable bonds is 4. The minimum atomic E-state index is -0.196. The summed E-state index contributed by atoms with van der Waals surface area (Å²) in [5, 5.41) is 14.0. The third kappa shape index (κ3) is 3.11. The Labute approximate surface area is 152 Å². The number of benzene rings is 2. The van der Waals surface area contributed by atoms with Crippen LogP contribution in [0.4, 0.5) is 0 Å². The van der Waals surface area contributed by atoms with Gasteiger partial charge in [-0.2, -0.15) is 15.4 Å². The van der Waals surface area contributed by atoms with Crippen molar-refractivity contribution in [2.45, 2.75) is 18.5 Å². The predicted molar refractivity (Wildman–Crippen MR) is 99.5 cm³/mol. The van der Waals surface area contributed by atoms with Crippen molar-refractivity contribution < 1.29 is 4.79 Å². The number of carbonyl (C=O) groups excluding carboxylic acids is 1. The van der Waals surface area contributed by atoms with Gasteiger partial charge in [0.05, 0.1) is 12.1 Å². The molecule has 2 aromatic carbocycles. The summed E-state index contributed by atoms with van der Waals surface area (Å²) in [5.41, 5.74) is 2.99. The van der Waals surface area contributed by atoms with Gasteiger partial charge in [-0.05, 0) is 19.0 Å². The van der Waals surface area contributed by atoms with Gasteiger partial charge in [-0.15, -0.1) is 0 Å². The molecule has 26 heavy (non-hydrogen) atoms. The quantitative estimate of drug-likeness (QED) is 0.761. The summed E-state index contributed by atoms with van der Waals surface area (Å²) >= 11 is 0. The topological polar surface area (TPSA) is 73.9 Å². The molecule has 6 nitrogen and oxygen atoms in total. The first kappa shape index (κ1) is 16.5. The predicted octanol–water partition coefficient (Wildman–Crippen LogP) is 2.65. The molecule has 132 valence electrons. The second-order valence-corrected chi connectivity index (χ2v) is 6.59. The minimum absolute atomic E-state index is 0.0372. The lowest BCUT2D eigenvalue weighted by Gasteiger charge is -2.26. The van der Waals surface area contributed by atoms with E-state index < -0.39 is 0 Å². The molecule has 0 bridgehead atoms. The summed E-state index contributed by atoms with van der Waals surface area (Å²) < 4.78 is 0. The van der Waals surface area contributed by atoms with E-state index >= 15 is 0 Å². The molecule has 0 saturated carbocycles. The number of hydrogen-bond acceptors (Lipinski definition) is 4. The van der Waals surface area contributed by atoms with Gasteiger partial charge in [0.25, 0.3) is 5.91 Å². The first-order valence-electron chi connectivity index (χ1n) is 8.76. The van der Waals surface area contributed by atoms with Crippen molar-refractivity contribution in [2.24, 2.45) is 0 Å². The first-order valence-corrected chi connectivity index (χ1v) is 8.76. The Balaban J connectivity index is 1.56. The number of hydrogen-bond donors (Lipinski definition) is 2. The van der Waals surface area contributed by atoms with Gasteiger partial charge in [-0.25, -0.2) is 0 Å². The summed E-state index contributed by atoms with van der Waals surface area (Å²) in [6.45, 7) is 0.939. The lowest BCUT2D eigenvalue weighted by atomic mass is 10.00. The van der Waals surface area contributed by atoms with Gasteiger partial charge >= 0.3 is 0 Å². The molecule has 0 unspecified atom stereocenters. The summed E-state index contributed by atoms with van der Waals surface area (Å²) in [5.74, 6) is -0.196. The third-order valence-electron chi connectivity index (χ3n) is 4.92. The molecule has 0 radical (unpaired) electrons. The summed E-state index contributed by atoms with van der Waals surface area (Å²) in [6, 6.07) is 20.1. The molecule has 0 spiro atoms. The van der Waals surface area contributed by atoms with Gasteiger partial charge in [0.15, 0.2) is 5.69 Å². The fraction of sp³-hybridized carbons (Fsp3) is 0.250. The van der Waals surface area contributed by atoms with Gasteiger partial charge in [0.2, 0.25) is 0 Å². The number of nitrogens with zero attached hydrogens (tertiary/aromatic N) is 3. The van der Waals surface area contributed by atoms with Crippen molar-refractivity contribution in [1.29, 1.82) is 0 Å². The van der Waals surface area contributed by atoms with E-state index in [0.717, 1.165) is 18.5 Å². The number of nitrogens with one attached hydrogen (secondary N) is 2. The van der Waals surface area contributed by atoms with Crippen LogP contribution in [0.15, 0.2) is 60.7 Å². The van der Waals surface area contributed by atoms with Crippen molar-refractivity contribution >= 4 is 5.91 Å². The van der Waals surface area contributed by atoms with Crippen LogP contribution < -0.4 is 5.32 Å². The third-order valence-corrected chi connectivity index (χ3v) is 4.92. The van der Waals surface area contributed by atoms with Crippen LogP contribution in [0, 0.1) is 0 Å². The van der Waals surface area contributed by atoms with E-state index in [4.69, 9.17) is 0 Å². The Kier molecular flexibility index (Phi) is 4.50. The molecule has 4 rings (SSSR count). The van der Waals surface area contributed by atoms with Crippen LogP contribution in [0.5, 0.6) is 0 Å². The van der Waals surface area contributed by atoms with Crippen molar-refractivity contribution in [3.8, 4) is 11.3 Å². The van der Waals surface area contributed by atoms with Crippen LogP contribution in [0.2, 0.25) is 0 Å². The second-order valence-electron chi connectivity index (χ2n) is 6.59. The van der Waals surface area contributed by atoms with Gasteiger partial charge in [0.1, 0.15) is 5.69 Å². The molecule has 2 atom stereocenters. The first-order chi connectivity index (χ1) is 12.7. The summed E-state index contributed by atoms with van der Waals surface area (Å²) in [7, 11) is 2.09. The van der Waals surface area contributed by atoms with Crippen molar-refractivity contribution in [3.05, 3.63) is 71.9 Å². The molecule has 2 heterocycles. The van der Waals surface area contributed by atoms with Crippen LogP contribution in [-0.4, -0.2) is 45.9 Å². The van der Waals surface area contributed by atoms with Gasteiger partial charge in [-0.3, -0.25) is 9.69 Å². The molecule has 6 heteroatoms. The van der Waals surface area contributed by atoms with E-state index in [2.05, 4.69) is 44.8 Å². The average Bonchev–Trinajstić information content (AvgIpc) is 3.30. The number of likely N-dealkylation sites (N-methyl/N-ethyl adjacent to an activating group) is 1. The molecule has 1 saturated heterocycles. The van der Waals surface area contributed by atoms with Crippen LogP contribution in [0.25, 0.3) is 11.3 Å². The Morgan fingerprint density at radius 2 is 1.77 bits per heavy atom. The lowest BCUT2D eigenvalue weighted by molar-refractivity contribution is 0.0923. The Bertz CT molecular complexity index is 877. The molecule has 1 aliphatic rings. The van der Waals surface area contributed by atoms with Crippen molar-refractivity contribution in [3.63, 3.8) is 0 Å². The normalized spacial score (nSPS) is 20.2. The van der Waals surface area contributed by atoms with E-state index in [1.165, 1.54) is 5.56 Å². The van der Waals surface area contributed by atoms with E-state index in [9.17, 15) is 4.79 Å². The number of aromatic amines is 1. The Morgan fingerprint density at radius 3 is 2.50 bits per heavy atom. The van der Waals surface area contributed by atoms with E-state index in [1.54, 1.807) is 0 Å². The van der Waals surface area contributed by atoms with Crippen LogP contribution in [-0.2, 0) is 0 Å². The number of aromatic nitrogens is 3. The van der Waals surface area contributed by atoms with E-state index in [1.807, 2.05) is 48.5 Å². The van der Waals surface area contributed by atoms with Gasteiger partial charge < -0.3 is 5.32 Å². The number of amides is 1. The highest BCUT2D eigenvalue weighted by atomic mass is 16.2. The highest BCUT2D eigenvalue weighted by Crippen LogP contribution is 2.31. The minimum Gasteiger partial charge on any atom is -0.346 e. The standard InChI is InChI=1S/C20H21N5O/c1-25-13-12-16(19(25)15-10-6-3-7-11-15)21-20(26)18-17(22-24-23-18)14-8-4-2-5-9-14/h2-11,16,19H,12-13H2,1H3,(H,21,26)(H,22,23,24)/t16-,19-/m1/s1. The monoisotopic (exact) mass is 347 g/mol. The van der Waals surface area contributed by atoms with Crippen LogP contribution in [0.1, 0.15) is 28.5 Å². The highest BCUT2D eigenvalue weighted by molar-refractivity contribution is 5.98. The molecule has 0 aliphatic carbocycles. The molecular formula is C20H21N5O. The zero-order chi connectivity index (χ0) is 17.9. The van der Waals surface area contributed by atoms with E-state index in [-0.39, 0.29) is 18.0 Å². The van der Waals surface area contributed by atoms with Crippen LogP contribution >= 0.6 is 0 Å². The zero-order valence-electron chi connectivity index (χ0n) is 14.6.